The zero-order valence-corrected chi connectivity index (χ0v) is 25.0. The Morgan fingerprint density at radius 1 is 0.738 bits per heavy atom. The number of amides is 4. The lowest BCUT2D eigenvalue weighted by Gasteiger charge is -2.27. The second-order valence-electron chi connectivity index (χ2n) is 9.70. The van der Waals surface area contributed by atoms with Crippen molar-refractivity contribution in [1.29, 1.82) is 0 Å². The van der Waals surface area contributed by atoms with E-state index in [1.54, 1.807) is 27.6 Å². The number of ether oxygens (including phenoxy) is 1. The fourth-order valence-corrected chi connectivity index (χ4v) is 5.74. The molecule has 4 amide bonds. The van der Waals surface area contributed by atoms with Crippen LogP contribution in [0.15, 0.2) is 95.7 Å². The molecule has 8 nitrogen and oxygen atoms in total. The number of carbonyl (C=O) groups is 3. The molecule has 2 aromatic carbocycles. The average Bonchev–Trinajstić information content (AvgIpc) is 3.73. The Hall–Kier alpha value is -4.15. The first-order valence-electron chi connectivity index (χ1n) is 13.9. The van der Waals surface area contributed by atoms with Crippen LogP contribution in [-0.4, -0.2) is 35.5 Å². The molecule has 0 fully saturated rings. The Bertz CT molecular complexity index is 1310. The number of unbranched alkanes of at least 4 members (excludes halogenated alkanes) is 1. The summed E-state index contributed by atoms with van der Waals surface area (Å²) in [6, 6.07) is 26.0. The third-order valence-electron chi connectivity index (χ3n) is 6.47. The molecule has 0 aliphatic heterocycles. The third-order valence-corrected chi connectivity index (χ3v) is 8.19. The lowest BCUT2D eigenvalue weighted by molar-refractivity contribution is -0.134. The number of thiophene rings is 2. The summed E-state index contributed by atoms with van der Waals surface area (Å²) in [7, 11) is 0. The van der Waals surface area contributed by atoms with Gasteiger partial charge in [-0.15, -0.1) is 22.7 Å². The summed E-state index contributed by atoms with van der Waals surface area (Å²) in [4.78, 5) is 42.8. The van der Waals surface area contributed by atoms with Crippen molar-refractivity contribution < 1.29 is 19.1 Å². The van der Waals surface area contributed by atoms with Crippen molar-refractivity contribution in [2.24, 2.45) is 0 Å². The largest absolute Gasteiger partial charge is 0.445 e. The molecule has 0 unspecified atom stereocenters. The van der Waals surface area contributed by atoms with Crippen LogP contribution in [0, 0.1) is 0 Å². The van der Waals surface area contributed by atoms with E-state index in [1.807, 2.05) is 95.7 Å². The Morgan fingerprint density at radius 2 is 1.36 bits per heavy atom. The molecule has 2 aromatic heterocycles. The lowest BCUT2D eigenvalue weighted by Crippen LogP contribution is -2.50. The number of hydrogen-bond donors (Lipinski definition) is 3. The molecule has 0 spiro atoms. The molecule has 0 aliphatic rings. The van der Waals surface area contributed by atoms with Crippen LogP contribution in [-0.2, 0) is 35.8 Å². The lowest BCUT2D eigenvalue weighted by atomic mass is 10.1. The molecule has 1 atom stereocenters. The van der Waals surface area contributed by atoms with Gasteiger partial charge in [-0.05, 0) is 53.3 Å². The quantitative estimate of drug-likeness (QED) is 0.139. The molecule has 4 rings (SSSR count). The summed E-state index contributed by atoms with van der Waals surface area (Å²) < 4.78 is 5.27. The monoisotopic (exact) mass is 604 g/mol. The first-order valence-corrected chi connectivity index (χ1v) is 15.7. The fourth-order valence-electron chi connectivity index (χ4n) is 4.30. The van der Waals surface area contributed by atoms with Gasteiger partial charge in [0.2, 0.25) is 5.91 Å². The highest BCUT2D eigenvalue weighted by molar-refractivity contribution is 7.10. The highest BCUT2D eigenvalue weighted by Crippen LogP contribution is 2.19. The van der Waals surface area contributed by atoms with Crippen molar-refractivity contribution in [3.63, 3.8) is 0 Å². The zero-order chi connectivity index (χ0) is 29.4. The van der Waals surface area contributed by atoms with Crippen LogP contribution in [0.3, 0.4) is 0 Å². The highest BCUT2D eigenvalue weighted by atomic mass is 32.1. The number of carbonyl (C=O) groups excluding carboxylic acids is 3. The second-order valence-corrected chi connectivity index (χ2v) is 11.8. The van der Waals surface area contributed by atoms with Gasteiger partial charge in [0, 0.05) is 22.8 Å². The Kier molecular flexibility index (Phi) is 12.4. The van der Waals surface area contributed by atoms with Crippen LogP contribution in [0.25, 0.3) is 0 Å². The Labute approximate surface area is 254 Å². The van der Waals surface area contributed by atoms with E-state index in [-0.39, 0.29) is 12.5 Å². The van der Waals surface area contributed by atoms with Gasteiger partial charge in [0.05, 0.1) is 13.1 Å². The second kappa shape index (κ2) is 17.0. The van der Waals surface area contributed by atoms with Gasteiger partial charge in [0.1, 0.15) is 12.6 Å². The molecule has 0 saturated heterocycles. The number of rotatable bonds is 15. The molecule has 4 aromatic rings. The molecule has 0 saturated carbocycles. The summed E-state index contributed by atoms with van der Waals surface area (Å²) in [6.45, 7) is 1.90. The standard InChI is InChI=1S/C32H36N4O4S2/c37-30(36(22-27-15-9-19-41-27)23-28-16-10-20-42-28)29(35-31(38)34-21-25-11-3-1-4-12-25)17-7-8-18-33-32(39)40-24-26-13-5-2-6-14-26/h1-6,9-16,19-20,29H,7-8,17-18,21-24H2,(H,33,39)(H2,34,35,38)/t29-/m0/s1. The fraction of sp³-hybridized carbons (Fsp3) is 0.281. The minimum Gasteiger partial charge on any atom is -0.445 e. The number of hydrogen-bond acceptors (Lipinski definition) is 6. The van der Waals surface area contributed by atoms with Crippen molar-refractivity contribution in [1.82, 2.24) is 20.9 Å². The molecule has 0 aliphatic carbocycles. The van der Waals surface area contributed by atoms with Gasteiger partial charge in [-0.1, -0.05) is 72.8 Å². The van der Waals surface area contributed by atoms with Crippen LogP contribution >= 0.6 is 22.7 Å². The number of benzene rings is 2. The van der Waals surface area contributed by atoms with E-state index in [1.165, 1.54) is 0 Å². The van der Waals surface area contributed by atoms with E-state index in [0.29, 0.717) is 45.4 Å². The maximum Gasteiger partial charge on any atom is 0.407 e. The molecule has 0 bridgehead atoms. The zero-order valence-electron chi connectivity index (χ0n) is 23.4. The van der Waals surface area contributed by atoms with Gasteiger partial charge in [0.15, 0.2) is 0 Å². The smallest absolute Gasteiger partial charge is 0.407 e. The summed E-state index contributed by atoms with van der Waals surface area (Å²) in [5.74, 6) is -0.137. The van der Waals surface area contributed by atoms with Crippen molar-refractivity contribution >= 4 is 40.7 Å². The van der Waals surface area contributed by atoms with Gasteiger partial charge < -0.3 is 25.6 Å². The molecule has 2 heterocycles. The van der Waals surface area contributed by atoms with E-state index in [9.17, 15) is 14.4 Å². The molecule has 220 valence electrons. The van der Waals surface area contributed by atoms with Crippen LogP contribution in [0.5, 0.6) is 0 Å². The van der Waals surface area contributed by atoms with E-state index in [4.69, 9.17) is 4.74 Å². The summed E-state index contributed by atoms with van der Waals surface area (Å²) in [5, 5.41) is 12.5. The SMILES string of the molecule is O=C(NCc1ccccc1)N[C@@H](CCCCNC(=O)OCc1ccccc1)C(=O)N(Cc1cccs1)Cc1cccs1. The molecule has 42 heavy (non-hydrogen) atoms. The highest BCUT2D eigenvalue weighted by Gasteiger charge is 2.26. The molecular formula is C32H36N4O4S2. The molecule has 0 radical (unpaired) electrons. The maximum absolute atomic E-state index is 13.9. The van der Waals surface area contributed by atoms with Crippen molar-refractivity contribution in [3.05, 3.63) is 117 Å². The Balaban J connectivity index is 1.33. The van der Waals surface area contributed by atoms with Crippen molar-refractivity contribution in [2.45, 2.75) is 51.5 Å². The normalized spacial score (nSPS) is 11.3. The predicted octanol–water partition coefficient (Wildman–Crippen LogP) is 6.30. The minimum absolute atomic E-state index is 0.137. The summed E-state index contributed by atoms with van der Waals surface area (Å²) in [6.07, 6.45) is 1.21. The van der Waals surface area contributed by atoms with Gasteiger partial charge in [-0.25, -0.2) is 9.59 Å². The minimum atomic E-state index is -0.717. The number of alkyl carbamates (subject to hydrolysis) is 1. The van der Waals surface area contributed by atoms with Gasteiger partial charge >= 0.3 is 12.1 Å². The molecular weight excluding hydrogens is 569 g/mol. The van der Waals surface area contributed by atoms with Gasteiger partial charge in [0.25, 0.3) is 0 Å². The van der Waals surface area contributed by atoms with Gasteiger partial charge in [-0.2, -0.15) is 0 Å². The van der Waals surface area contributed by atoms with Gasteiger partial charge in [-0.3, -0.25) is 4.79 Å². The molecule has 3 N–H and O–H groups in total. The topological polar surface area (TPSA) is 99.8 Å². The maximum atomic E-state index is 13.9. The van der Waals surface area contributed by atoms with Crippen molar-refractivity contribution in [3.8, 4) is 0 Å². The summed E-state index contributed by atoms with van der Waals surface area (Å²) >= 11 is 3.20. The van der Waals surface area contributed by atoms with Crippen LogP contribution in [0.1, 0.15) is 40.1 Å². The van der Waals surface area contributed by atoms with Crippen molar-refractivity contribution in [2.75, 3.05) is 6.54 Å². The van der Waals surface area contributed by atoms with E-state index in [0.717, 1.165) is 20.9 Å². The number of nitrogens with one attached hydrogen (secondary N) is 3. The van der Waals surface area contributed by atoms with E-state index < -0.39 is 18.2 Å². The summed E-state index contributed by atoms with van der Waals surface area (Å²) in [5.41, 5.74) is 1.89. The van der Waals surface area contributed by atoms with E-state index in [2.05, 4.69) is 16.0 Å². The predicted molar refractivity (Wildman–Crippen MR) is 167 cm³/mol. The first-order chi connectivity index (χ1) is 20.6. The van der Waals surface area contributed by atoms with E-state index >= 15 is 0 Å². The Morgan fingerprint density at radius 3 is 1.95 bits per heavy atom. The first kappa shape index (κ1) is 30.8. The average molecular weight is 605 g/mol. The van der Waals surface area contributed by atoms with Crippen LogP contribution < -0.4 is 16.0 Å². The van der Waals surface area contributed by atoms with Crippen LogP contribution in [0.4, 0.5) is 9.59 Å². The molecule has 10 heteroatoms. The number of nitrogens with zero attached hydrogens (tertiary/aromatic N) is 1. The number of urea groups is 1. The third kappa shape index (κ3) is 10.7. The van der Waals surface area contributed by atoms with Crippen LogP contribution in [0.2, 0.25) is 0 Å².